The Labute approximate surface area is 289 Å². The Hall–Kier alpha value is 2.44. The molecule has 3 heterocycles. The van der Waals surface area contributed by atoms with Gasteiger partial charge in [-0.05, 0) is 0 Å². The Morgan fingerprint density at radius 2 is 1.64 bits per heavy atom. The summed E-state index contributed by atoms with van der Waals surface area (Å²) in [6, 6.07) is 0. The van der Waals surface area contributed by atoms with Gasteiger partial charge >= 0.3 is 118 Å². The van der Waals surface area contributed by atoms with E-state index in [1.54, 1.807) is 0 Å². The number of nitrogens with zero attached hydrogens (tertiary/aromatic N) is 3. The molecule has 1 saturated heterocycles. The molecule has 1 aliphatic heterocycles. The fraction of sp³-hybridized carbons (Fsp3) is 0.500. The van der Waals surface area contributed by atoms with Crippen LogP contribution in [0.25, 0.3) is 11.2 Å². The molecular formula is C10H12N5Na4O14P3. The molecule has 19 nitrogen and oxygen atoms in total. The van der Waals surface area contributed by atoms with Crippen LogP contribution in [0.3, 0.4) is 0 Å². The predicted octanol–water partition coefficient (Wildman–Crippen LogP) is -16.8. The van der Waals surface area contributed by atoms with Crippen LogP contribution in [0.2, 0.25) is 0 Å². The maximum absolute atomic E-state index is 11.8. The Morgan fingerprint density at radius 3 is 2.19 bits per heavy atom. The molecule has 1 fully saturated rings. The van der Waals surface area contributed by atoms with E-state index >= 15 is 0 Å². The molecule has 6 atom stereocenters. The van der Waals surface area contributed by atoms with Gasteiger partial charge in [0.05, 0.1) is 20.8 Å². The van der Waals surface area contributed by atoms with Crippen molar-refractivity contribution in [1.29, 1.82) is 0 Å². The molecule has 2 aromatic rings. The number of nitrogens with two attached hydrogens (primary N) is 1. The van der Waals surface area contributed by atoms with E-state index in [0.717, 1.165) is 10.9 Å². The minimum absolute atomic E-state index is 0. The first-order chi connectivity index (χ1) is 14.6. The number of aromatic nitrogens is 4. The van der Waals surface area contributed by atoms with E-state index in [0.29, 0.717) is 0 Å². The standard InChI is InChI=1S/C10H16N5O14P3.4Na/c11-10-13-7-4(8(18)14-10)12-2-15(7)9-6(17)5(16)3(27-9)1-26-31(22,23)29-32(24,25)28-30(19,20)21;;;;/h2-3,5-6,9,16-17H,1H2,(H,22,23)(H,24,25)(H2,19,20,21)(H3,11,13,14,18);;;;/q;4*+1/p-4/t3-,5+,6+,9-;;;;/m1..../s1. The molecule has 36 heavy (non-hydrogen) atoms. The van der Waals surface area contributed by atoms with Gasteiger partial charge in [0.1, 0.15) is 18.3 Å². The topological polar surface area (TPSA) is 310 Å². The summed E-state index contributed by atoms with van der Waals surface area (Å²) in [4.78, 5) is 65.0. The summed E-state index contributed by atoms with van der Waals surface area (Å²) in [6.45, 7) is -1.13. The molecule has 0 amide bonds. The molecule has 2 unspecified atom stereocenters. The van der Waals surface area contributed by atoms with Gasteiger partial charge in [0, 0.05) is 0 Å². The minimum Gasteiger partial charge on any atom is -0.790 e. The molecule has 26 heteroatoms. The van der Waals surface area contributed by atoms with Crippen molar-refractivity contribution in [2.24, 2.45) is 0 Å². The molecule has 0 aromatic carbocycles. The van der Waals surface area contributed by atoms with E-state index in [-0.39, 0.29) is 135 Å². The van der Waals surface area contributed by atoms with E-state index in [9.17, 15) is 48.3 Å². The van der Waals surface area contributed by atoms with E-state index in [4.69, 9.17) is 10.5 Å². The molecule has 0 saturated carbocycles. The molecule has 2 aromatic heterocycles. The van der Waals surface area contributed by atoms with Gasteiger partial charge in [0.25, 0.3) is 21.2 Å². The van der Waals surface area contributed by atoms with Crippen LogP contribution >= 0.6 is 23.5 Å². The number of nitrogens with one attached hydrogen (secondary N) is 1. The van der Waals surface area contributed by atoms with Crippen LogP contribution in [-0.4, -0.2) is 54.7 Å². The van der Waals surface area contributed by atoms with Crippen LogP contribution in [0.1, 0.15) is 6.23 Å². The number of ether oxygens (including phenoxy) is 1. The van der Waals surface area contributed by atoms with Gasteiger partial charge < -0.3 is 49.3 Å². The fourth-order valence-corrected chi connectivity index (χ4v) is 5.54. The van der Waals surface area contributed by atoms with E-state index in [2.05, 4.69) is 28.1 Å². The molecule has 5 N–H and O–H groups in total. The van der Waals surface area contributed by atoms with Crippen molar-refractivity contribution >= 4 is 40.6 Å². The number of rotatable bonds is 8. The number of aromatic amines is 1. The van der Waals surface area contributed by atoms with Gasteiger partial charge in [-0.2, -0.15) is 4.98 Å². The zero-order valence-electron chi connectivity index (χ0n) is 19.1. The number of hydrogen-bond donors (Lipinski definition) is 4. The fourth-order valence-electron chi connectivity index (χ4n) is 2.67. The van der Waals surface area contributed by atoms with Gasteiger partial charge in [0.15, 0.2) is 17.4 Å². The Bertz CT molecular complexity index is 1230. The monoisotopic (exact) mass is 611 g/mol. The van der Waals surface area contributed by atoms with Crippen molar-refractivity contribution in [3.8, 4) is 0 Å². The second kappa shape index (κ2) is 15.6. The normalized spacial score (nSPS) is 24.8. The summed E-state index contributed by atoms with van der Waals surface area (Å²) in [5, 5.41) is 20.3. The molecule has 0 bridgehead atoms. The molecule has 0 spiro atoms. The SMILES string of the molecule is Nc1nc2c(ncn2[C@@H]2O[C@H](COP(=O)([O-])OP(=O)([O-])OP(=O)([O-])[O-])[C@H](O)[C@@H]2O)c(=O)[nH]1.[Na+].[Na+].[Na+].[Na+]. The average Bonchev–Trinajstić information content (AvgIpc) is 3.12. The molecule has 0 radical (unpaired) electrons. The largest absolute Gasteiger partial charge is 1.00 e. The third-order valence-corrected chi connectivity index (χ3v) is 7.52. The third kappa shape index (κ3) is 10.7. The Balaban J connectivity index is 0. The zero-order chi connectivity index (χ0) is 24.1. The summed E-state index contributed by atoms with van der Waals surface area (Å²) >= 11 is 0. The predicted molar refractivity (Wildman–Crippen MR) is 89.4 cm³/mol. The van der Waals surface area contributed by atoms with Crippen molar-refractivity contribution < 1.29 is 180 Å². The number of phosphoric ester groups is 1. The van der Waals surface area contributed by atoms with Crippen LogP contribution in [0.4, 0.5) is 5.95 Å². The number of H-pyrrole nitrogens is 1. The summed E-state index contributed by atoms with van der Waals surface area (Å²) in [7, 11) is -18.2. The summed E-state index contributed by atoms with van der Waals surface area (Å²) < 4.78 is 50.0. The van der Waals surface area contributed by atoms with E-state index < -0.39 is 60.2 Å². The number of aliphatic hydroxyl groups excluding tert-OH is 2. The molecule has 3 rings (SSSR count). The molecule has 0 aliphatic carbocycles. The first-order valence-electron chi connectivity index (χ1n) is 8.04. The Morgan fingerprint density at radius 1 is 1.06 bits per heavy atom. The van der Waals surface area contributed by atoms with Gasteiger partial charge in [-0.1, -0.05) is 0 Å². The quantitative estimate of drug-likeness (QED) is 0.159. The Kier molecular flexibility index (Phi) is 17.6. The van der Waals surface area contributed by atoms with Gasteiger partial charge in [0.2, 0.25) is 5.95 Å². The minimum atomic E-state index is -6.17. The first kappa shape index (κ1) is 40.6. The first-order valence-corrected chi connectivity index (χ1v) is 12.4. The maximum Gasteiger partial charge on any atom is 1.00 e. The van der Waals surface area contributed by atoms with E-state index in [1.165, 1.54) is 0 Å². The zero-order valence-corrected chi connectivity index (χ0v) is 29.8. The van der Waals surface area contributed by atoms with E-state index in [1.807, 2.05) is 0 Å². The summed E-state index contributed by atoms with van der Waals surface area (Å²) in [6.07, 6.45) is -5.61. The third-order valence-electron chi connectivity index (χ3n) is 3.86. The number of anilines is 1. The summed E-state index contributed by atoms with van der Waals surface area (Å²) in [5.41, 5.74) is 4.40. The van der Waals surface area contributed by atoms with Crippen LogP contribution in [0, 0.1) is 0 Å². The van der Waals surface area contributed by atoms with Gasteiger partial charge in [-0.15, -0.1) is 0 Å². The maximum atomic E-state index is 11.8. The average molecular weight is 611 g/mol. The van der Waals surface area contributed by atoms with Crippen molar-refractivity contribution in [2.45, 2.75) is 24.5 Å². The number of nitrogen functional groups attached to an aromatic ring is 1. The van der Waals surface area contributed by atoms with Crippen molar-refractivity contribution in [3.63, 3.8) is 0 Å². The number of fused-ring (bicyclic) bond motifs is 1. The van der Waals surface area contributed by atoms with Crippen LogP contribution in [0.5, 0.6) is 0 Å². The number of hydrogen-bond acceptors (Lipinski definition) is 17. The van der Waals surface area contributed by atoms with Crippen molar-refractivity contribution in [3.05, 3.63) is 16.7 Å². The second-order valence-corrected chi connectivity index (χ2v) is 10.4. The number of aliphatic hydroxyl groups is 2. The smallest absolute Gasteiger partial charge is 0.790 e. The molecular weight excluding hydrogens is 599 g/mol. The van der Waals surface area contributed by atoms with Gasteiger partial charge in [-0.3, -0.25) is 27.8 Å². The van der Waals surface area contributed by atoms with Crippen LogP contribution in [0.15, 0.2) is 11.1 Å². The summed E-state index contributed by atoms with van der Waals surface area (Å²) in [5.74, 6) is -0.299. The number of imidazole rings is 1. The second-order valence-electron chi connectivity index (χ2n) is 6.12. The van der Waals surface area contributed by atoms with Crippen LogP contribution in [-0.2, 0) is 31.6 Å². The van der Waals surface area contributed by atoms with Crippen molar-refractivity contribution in [2.75, 3.05) is 12.3 Å². The van der Waals surface area contributed by atoms with Crippen molar-refractivity contribution in [1.82, 2.24) is 19.5 Å². The molecule has 1 aliphatic rings. The number of phosphoric acid groups is 3. The molecule has 180 valence electrons. The van der Waals surface area contributed by atoms with Gasteiger partial charge in [-0.25, -0.2) is 9.29 Å². The van der Waals surface area contributed by atoms with Crippen LogP contribution < -0.4 is 149 Å².